The van der Waals surface area contributed by atoms with Crippen LogP contribution in [-0.4, -0.2) is 15.8 Å². The Morgan fingerprint density at radius 3 is 1.01 bits per heavy atom. The number of rotatable bonds is 8. The minimum atomic E-state index is -0.541. The summed E-state index contributed by atoms with van der Waals surface area (Å²) >= 11 is 0. The lowest BCUT2D eigenvalue weighted by Crippen LogP contribution is -2.61. The fourth-order valence-corrected chi connectivity index (χ4v) is 20.2. The third-order valence-corrected chi connectivity index (χ3v) is 25.6. The second kappa shape index (κ2) is 24.9. The smallest absolute Gasteiger partial charge is 0.252 e. The topological polar surface area (TPSA) is 16.3 Å². The summed E-state index contributed by atoms with van der Waals surface area (Å²) in [6, 6.07) is 135. The Morgan fingerprint density at radius 2 is 0.588 bits per heavy atom. The highest BCUT2D eigenvalue weighted by Crippen LogP contribution is 2.64. The zero-order chi connectivity index (χ0) is 76.8. The highest BCUT2D eigenvalue weighted by molar-refractivity contribution is 7.00. The lowest BCUT2D eigenvalue weighted by atomic mass is 9.33. The molecular weight excluding hydrogens is 1380 g/mol. The summed E-state index contributed by atoms with van der Waals surface area (Å²) in [6.07, 6.45) is 0. The van der Waals surface area contributed by atoms with Gasteiger partial charge in [-0.25, -0.2) is 0 Å². The van der Waals surface area contributed by atoms with Crippen molar-refractivity contribution in [3.63, 3.8) is 0 Å². The van der Waals surface area contributed by atoms with E-state index in [1.165, 1.54) is 116 Å². The molecule has 1 spiro atoms. The summed E-state index contributed by atoms with van der Waals surface area (Å²) in [6.45, 7) is 21.0. The molecule has 114 heavy (non-hydrogen) atoms. The molecule has 0 N–H and O–H groups in total. The van der Waals surface area contributed by atoms with Gasteiger partial charge in [-0.15, -0.1) is 0 Å². The molecule has 4 nitrogen and oxygen atoms in total. The van der Waals surface area contributed by atoms with Gasteiger partial charge in [0.2, 0.25) is 0 Å². The Kier molecular flexibility index (Phi) is 14.8. The van der Waals surface area contributed by atoms with E-state index in [1.807, 2.05) is 0 Å². The van der Waals surface area contributed by atoms with Crippen molar-refractivity contribution < 1.29 is 0 Å². The van der Waals surface area contributed by atoms with Gasteiger partial charge in [0.1, 0.15) is 0 Å². The van der Waals surface area contributed by atoms with E-state index in [1.54, 1.807) is 0 Å². The Bertz CT molecular complexity index is 6810. The average molecular weight is 1460 g/mol. The van der Waals surface area contributed by atoms with Crippen molar-refractivity contribution in [3.8, 4) is 78.1 Å². The van der Waals surface area contributed by atoms with Crippen LogP contribution in [0.4, 0.5) is 34.1 Å². The summed E-state index contributed by atoms with van der Waals surface area (Å²) in [5.74, 6) is 0. The molecule has 2 aliphatic heterocycles. The third kappa shape index (κ3) is 9.91. The van der Waals surface area contributed by atoms with E-state index in [4.69, 9.17) is 0 Å². The van der Waals surface area contributed by atoms with Gasteiger partial charge in [-0.3, -0.25) is 0 Å². The van der Waals surface area contributed by atoms with E-state index in [0.717, 1.165) is 95.5 Å². The fourth-order valence-electron chi connectivity index (χ4n) is 20.2. The van der Waals surface area contributed by atoms with Crippen LogP contribution in [0.5, 0.6) is 0 Å². The normalized spacial score (nSPS) is 13.7. The summed E-state index contributed by atoms with van der Waals surface area (Å²) in [5, 5.41) is 4.97. The van der Waals surface area contributed by atoms with Crippen LogP contribution < -0.4 is 26.2 Å². The van der Waals surface area contributed by atoms with Crippen molar-refractivity contribution >= 4 is 101 Å². The van der Waals surface area contributed by atoms with Gasteiger partial charge in [-0.2, -0.15) is 0 Å². The molecule has 0 saturated carbocycles. The number of anilines is 6. The number of hydrogen-bond donors (Lipinski definition) is 0. The summed E-state index contributed by atoms with van der Waals surface area (Å²) in [4.78, 5) is 5.45. The first kappa shape index (κ1) is 67.7. The van der Waals surface area contributed by atoms with Crippen molar-refractivity contribution in [1.29, 1.82) is 0 Å². The molecule has 2 aliphatic carbocycles. The first-order chi connectivity index (χ1) is 55.5. The fraction of sp³-hybridized carbons (Fsp3) is 0.119. The third-order valence-electron chi connectivity index (χ3n) is 25.6. The molecule has 4 heterocycles. The number of para-hydroxylation sites is 3. The molecule has 4 aliphatic rings. The van der Waals surface area contributed by atoms with Gasteiger partial charge >= 0.3 is 0 Å². The van der Waals surface area contributed by atoms with Gasteiger partial charge in [-0.05, 0) is 195 Å². The van der Waals surface area contributed by atoms with E-state index >= 15 is 0 Å². The van der Waals surface area contributed by atoms with Gasteiger partial charge in [-0.1, -0.05) is 335 Å². The standard InChI is InChI=1S/C109H85BN4/c1-106(2,3)72-52-58-96-86(60-72)87-61-73(107(4,5)6)53-59-97(87)111(96)75-54-56-93-99(64-75)113(104-77(68-32-14-10-15-33-68)44-30-45-78(104)69-34-16-11-17-35-69)101-62-74(108(7,8)9)63-102-103(101)110(93)94-57-55-76(65-100(94)114(102)105-79(70-36-18-12-19-37-70)46-31-47-80(105)71-38-20-13-21-39-71)112-95-51-29-25-43-84(95)88-66-85-83-42-24-28-50-91(83)109(92(85)67-98(88)112)89-48-26-22-40-81(89)82-41-23-27-49-90(82)109/h10-67H,1-9H3. The average Bonchev–Trinajstić information content (AvgIpc) is 1.49. The summed E-state index contributed by atoms with van der Waals surface area (Å²) in [7, 11) is 0. The molecule has 22 rings (SSSR count). The molecule has 0 fully saturated rings. The molecule has 0 amide bonds. The van der Waals surface area contributed by atoms with Gasteiger partial charge in [0.25, 0.3) is 6.71 Å². The predicted octanol–water partition coefficient (Wildman–Crippen LogP) is 26.9. The first-order valence-electron chi connectivity index (χ1n) is 40.5. The second-order valence-corrected chi connectivity index (χ2v) is 35.1. The molecule has 18 aromatic rings. The Labute approximate surface area is 668 Å². The highest BCUT2D eigenvalue weighted by Gasteiger charge is 2.53. The van der Waals surface area contributed by atoms with Gasteiger partial charge in [0.15, 0.2) is 0 Å². The molecule has 5 heteroatoms. The quantitative estimate of drug-likeness (QED) is 0.141. The van der Waals surface area contributed by atoms with Crippen LogP contribution in [0.15, 0.2) is 352 Å². The molecule has 0 atom stereocenters. The van der Waals surface area contributed by atoms with Crippen LogP contribution in [0.2, 0.25) is 0 Å². The molecule has 16 aromatic carbocycles. The van der Waals surface area contributed by atoms with Crippen LogP contribution >= 0.6 is 0 Å². The van der Waals surface area contributed by atoms with Crippen LogP contribution in [-0.2, 0) is 21.7 Å². The predicted molar refractivity (Wildman–Crippen MR) is 483 cm³/mol. The van der Waals surface area contributed by atoms with E-state index in [-0.39, 0.29) is 23.0 Å². The van der Waals surface area contributed by atoms with Gasteiger partial charge < -0.3 is 18.9 Å². The Hall–Kier alpha value is -13.2. The number of nitrogens with zero attached hydrogens (tertiary/aromatic N) is 4. The molecule has 0 unspecified atom stereocenters. The van der Waals surface area contributed by atoms with Crippen LogP contribution in [0.1, 0.15) is 101 Å². The van der Waals surface area contributed by atoms with E-state index in [0.29, 0.717) is 0 Å². The maximum atomic E-state index is 2.73. The van der Waals surface area contributed by atoms with Crippen molar-refractivity contribution in [2.24, 2.45) is 0 Å². The van der Waals surface area contributed by atoms with Crippen molar-refractivity contribution in [2.75, 3.05) is 9.80 Å². The maximum Gasteiger partial charge on any atom is 0.252 e. The zero-order valence-electron chi connectivity index (χ0n) is 65.9. The van der Waals surface area contributed by atoms with Crippen LogP contribution in [0.3, 0.4) is 0 Å². The Morgan fingerprint density at radius 1 is 0.237 bits per heavy atom. The largest absolute Gasteiger partial charge is 0.310 e. The monoisotopic (exact) mass is 1460 g/mol. The van der Waals surface area contributed by atoms with Crippen LogP contribution in [0.25, 0.3) is 122 Å². The second-order valence-electron chi connectivity index (χ2n) is 35.1. The number of benzene rings is 16. The first-order valence-corrected chi connectivity index (χ1v) is 40.5. The van der Waals surface area contributed by atoms with Crippen molar-refractivity contribution in [2.45, 2.75) is 84.0 Å². The van der Waals surface area contributed by atoms with Gasteiger partial charge in [0.05, 0.1) is 38.9 Å². The van der Waals surface area contributed by atoms with Crippen LogP contribution in [0, 0.1) is 0 Å². The molecule has 2 aromatic heterocycles. The minimum absolute atomic E-state index is 0.0626. The number of aromatic nitrogens is 2. The molecule has 544 valence electrons. The Balaban J connectivity index is 0.880. The van der Waals surface area contributed by atoms with Crippen molar-refractivity contribution in [3.05, 3.63) is 391 Å². The lowest BCUT2D eigenvalue weighted by Gasteiger charge is -2.46. The highest BCUT2D eigenvalue weighted by atomic mass is 15.2. The van der Waals surface area contributed by atoms with E-state index in [9.17, 15) is 0 Å². The molecule has 0 bridgehead atoms. The minimum Gasteiger partial charge on any atom is -0.310 e. The number of hydrogen-bond acceptors (Lipinski definition) is 2. The maximum absolute atomic E-state index is 2.73. The molecular formula is C109H85BN4. The lowest BCUT2D eigenvalue weighted by molar-refractivity contribution is 0.590. The molecule has 0 saturated heterocycles. The number of fused-ring (bicyclic) bond motifs is 20. The summed E-state index contributed by atoms with van der Waals surface area (Å²) < 4.78 is 5.17. The molecule has 0 radical (unpaired) electrons. The van der Waals surface area contributed by atoms with Crippen molar-refractivity contribution in [1.82, 2.24) is 9.13 Å². The van der Waals surface area contributed by atoms with E-state index < -0.39 is 5.41 Å². The van der Waals surface area contributed by atoms with E-state index in [2.05, 4.69) is 433 Å². The summed E-state index contributed by atoms with van der Waals surface area (Å²) in [5.41, 5.74) is 39.9. The zero-order valence-corrected chi connectivity index (χ0v) is 65.9. The SMILES string of the molecule is CC(C)(C)c1cc2c3c(c1)N(c1c(-c4ccccc4)cccc1-c1ccccc1)c1cc(-n4c5ccccc5c5cc6c(cc54)C4(c5ccccc5-c5ccccc54)c4ccccc4-6)ccc1B3c1ccc(-n3c4ccc(C(C)(C)C)cc4c4cc(C(C)(C)C)ccc43)cc1N2c1c(-c2ccccc2)cccc1-c1ccccc1. The van der Waals surface area contributed by atoms with Gasteiger partial charge in [0, 0.05) is 77.9 Å².